The Balaban J connectivity index is 1.74. The van der Waals surface area contributed by atoms with Crippen molar-refractivity contribution in [1.29, 1.82) is 0 Å². The summed E-state index contributed by atoms with van der Waals surface area (Å²) in [5, 5.41) is 6.00. The van der Waals surface area contributed by atoms with E-state index in [0.29, 0.717) is 16.9 Å². The molecule has 0 aliphatic heterocycles. The summed E-state index contributed by atoms with van der Waals surface area (Å²) >= 11 is 1.91. The van der Waals surface area contributed by atoms with Crippen molar-refractivity contribution in [3.8, 4) is 0 Å². The van der Waals surface area contributed by atoms with Crippen molar-refractivity contribution in [2.24, 2.45) is 22.7 Å². The van der Waals surface area contributed by atoms with Gasteiger partial charge in [0, 0.05) is 10.9 Å². The summed E-state index contributed by atoms with van der Waals surface area (Å²) in [7, 11) is 2.18. The Hall–Kier alpha value is -0.340. The highest BCUT2D eigenvalue weighted by Crippen LogP contribution is 2.68. The second kappa shape index (κ2) is 4.33. The Bertz CT molecular complexity index is 503. The first-order chi connectivity index (χ1) is 9.54. The molecule has 5 rings (SSSR count). The van der Waals surface area contributed by atoms with Gasteiger partial charge < -0.3 is 5.32 Å². The molecule has 4 aliphatic rings. The second-order valence-electron chi connectivity index (χ2n) is 8.29. The molecule has 4 aliphatic carbocycles. The first kappa shape index (κ1) is 13.3. The van der Waals surface area contributed by atoms with Crippen molar-refractivity contribution in [3.63, 3.8) is 0 Å². The van der Waals surface area contributed by atoms with E-state index in [0.717, 1.165) is 11.8 Å². The van der Waals surface area contributed by atoms with E-state index in [1.807, 2.05) is 11.3 Å². The first-order valence-electron chi connectivity index (χ1n) is 8.25. The van der Waals surface area contributed by atoms with Crippen LogP contribution in [-0.2, 0) is 0 Å². The third-order valence-electron chi connectivity index (χ3n) is 6.51. The van der Waals surface area contributed by atoms with Gasteiger partial charge in [0.1, 0.15) is 0 Å². The minimum atomic E-state index is 0.541. The molecule has 0 saturated heterocycles. The molecule has 20 heavy (non-hydrogen) atoms. The number of thiophene rings is 1. The van der Waals surface area contributed by atoms with Crippen LogP contribution in [0.1, 0.15) is 61.9 Å². The lowest BCUT2D eigenvalue weighted by atomic mass is 9.43. The third kappa shape index (κ3) is 1.84. The smallest absolute Gasteiger partial charge is 0.0386 e. The van der Waals surface area contributed by atoms with Crippen molar-refractivity contribution in [2.75, 3.05) is 7.05 Å². The number of rotatable bonds is 3. The molecule has 0 radical (unpaired) electrons. The molecule has 0 aromatic carbocycles. The maximum absolute atomic E-state index is 3.73. The molecular formula is C18H27NS. The van der Waals surface area contributed by atoms with E-state index in [-0.39, 0.29) is 0 Å². The van der Waals surface area contributed by atoms with Crippen LogP contribution >= 0.6 is 11.3 Å². The molecule has 1 nitrogen and oxygen atoms in total. The Labute approximate surface area is 127 Å². The van der Waals surface area contributed by atoms with Crippen LogP contribution in [0.3, 0.4) is 0 Å². The fourth-order valence-corrected chi connectivity index (χ4v) is 7.36. The fourth-order valence-electron chi connectivity index (χ4n) is 6.62. The molecule has 4 fully saturated rings. The maximum Gasteiger partial charge on any atom is 0.0386 e. The maximum atomic E-state index is 3.73. The van der Waals surface area contributed by atoms with Crippen molar-refractivity contribution in [2.45, 2.75) is 58.4 Å². The van der Waals surface area contributed by atoms with E-state index in [1.54, 1.807) is 5.56 Å². The van der Waals surface area contributed by atoms with Gasteiger partial charge in [-0.3, -0.25) is 0 Å². The van der Waals surface area contributed by atoms with Crippen molar-refractivity contribution in [1.82, 2.24) is 5.32 Å². The summed E-state index contributed by atoms with van der Waals surface area (Å²) in [5.74, 6) is 2.02. The topological polar surface area (TPSA) is 12.0 Å². The number of hydrogen-bond acceptors (Lipinski definition) is 2. The van der Waals surface area contributed by atoms with Crippen LogP contribution in [0, 0.1) is 29.6 Å². The molecule has 1 aromatic rings. The lowest BCUT2D eigenvalue weighted by Gasteiger charge is -2.63. The average Bonchev–Trinajstić information content (AvgIpc) is 2.73. The van der Waals surface area contributed by atoms with Crippen LogP contribution in [0.15, 0.2) is 11.4 Å². The standard InChI is InChI=1S/C18H27NS/c1-12-15(4-5-20-12)16(19-3)18-9-13-6-14(10-18)8-17(2,7-13)11-18/h4-5,13-14,16,19H,6-11H2,1-3H3. The molecule has 110 valence electrons. The molecule has 4 saturated carbocycles. The molecule has 1 heterocycles. The van der Waals surface area contributed by atoms with Crippen molar-refractivity contribution >= 4 is 11.3 Å². The van der Waals surface area contributed by atoms with E-state index in [2.05, 4.69) is 37.7 Å². The van der Waals surface area contributed by atoms with Crippen molar-refractivity contribution < 1.29 is 0 Å². The average molecular weight is 289 g/mol. The monoisotopic (exact) mass is 289 g/mol. The molecule has 0 spiro atoms. The molecule has 1 aromatic heterocycles. The van der Waals surface area contributed by atoms with Gasteiger partial charge in [-0.25, -0.2) is 0 Å². The highest BCUT2D eigenvalue weighted by Gasteiger charge is 2.58. The molecular weight excluding hydrogens is 262 g/mol. The van der Waals surface area contributed by atoms with Crippen LogP contribution in [0.4, 0.5) is 0 Å². The molecule has 3 atom stereocenters. The van der Waals surface area contributed by atoms with Crippen LogP contribution in [0.5, 0.6) is 0 Å². The molecule has 2 heteroatoms. The van der Waals surface area contributed by atoms with Gasteiger partial charge in [0.2, 0.25) is 0 Å². The lowest BCUT2D eigenvalue weighted by molar-refractivity contribution is -0.118. The quantitative estimate of drug-likeness (QED) is 0.832. The minimum Gasteiger partial charge on any atom is -0.312 e. The van der Waals surface area contributed by atoms with Gasteiger partial charge in [-0.15, -0.1) is 11.3 Å². The van der Waals surface area contributed by atoms with Gasteiger partial charge in [0.05, 0.1) is 0 Å². The molecule has 3 unspecified atom stereocenters. The van der Waals surface area contributed by atoms with Gasteiger partial charge in [-0.2, -0.15) is 0 Å². The number of hydrogen-bond donors (Lipinski definition) is 1. The predicted molar refractivity (Wildman–Crippen MR) is 86.1 cm³/mol. The summed E-state index contributed by atoms with van der Waals surface area (Å²) in [4.78, 5) is 1.52. The van der Waals surface area contributed by atoms with Crippen LogP contribution in [-0.4, -0.2) is 7.05 Å². The summed E-state index contributed by atoms with van der Waals surface area (Å²) in [6.45, 7) is 4.87. The van der Waals surface area contributed by atoms with E-state index < -0.39 is 0 Å². The SMILES string of the molecule is CNC(c1ccsc1C)C12CC3CC(CC(C)(C3)C1)C2. The summed E-state index contributed by atoms with van der Waals surface area (Å²) in [6, 6.07) is 2.96. The Morgan fingerprint density at radius 2 is 1.95 bits per heavy atom. The van der Waals surface area contributed by atoms with Gasteiger partial charge in [-0.05, 0) is 92.2 Å². The third-order valence-corrected chi connectivity index (χ3v) is 7.37. The largest absolute Gasteiger partial charge is 0.312 e. The number of nitrogens with one attached hydrogen (secondary N) is 1. The fraction of sp³-hybridized carbons (Fsp3) is 0.778. The number of aryl methyl sites for hydroxylation is 1. The zero-order chi connectivity index (χ0) is 14.0. The zero-order valence-corrected chi connectivity index (χ0v) is 13.9. The minimum absolute atomic E-state index is 0.541. The highest BCUT2D eigenvalue weighted by molar-refractivity contribution is 7.10. The summed E-state index contributed by atoms with van der Waals surface area (Å²) in [5.41, 5.74) is 2.77. The van der Waals surface area contributed by atoms with E-state index in [4.69, 9.17) is 0 Å². The van der Waals surface area contributed by atoms with Crippen LogP contribution in [0.25, 0.3) is 0 Å². The first-order valence-corrected chi connectivity index (χ1v) is 9.13. The lowest BCUT2D eigenvalue weighted by Crippen LogP contribution is -2.55. The summed E-state index contributed by atoms with van der Waals surface area (Å²) < 4.78 is 0. The molecule has 0 amide bonds. The van der Waals surface area contributed by atoms with E-state index in [9.17, 15) is 0 Å². The van der Waals surface area contributed by atoms with Crippen LogP contribution < -0.4 is 5.32 Å². The van der Waals surface area contributed by atoms with Gasteiger partial charge >= 0.3 is 0 Å². The second-order valence-corrected chi connectivity index (χ2v) is 9.41. The highest BCUT2D eigenvalue weighted by atomic mass is 32.1. The summed E-state index contributed by atoms with van der Waals surface area (Å²) in [6.07, 6.45) is 8.93. The predicted octanol–water partition coefficient (Wildman–Crippen LogP) is 4.92. The van der Waals surface area contributed by atoms with Gasteiger partial charge in [0.15, 0.2) is 0 Å². The molecule has 4 bridgehead atoms. The van der Waals surface area contributed by atoms with Crippen LogP contribution in [0.2, 0.25) is 0 Å². The Kier molecular flexibility index (Phi) is 2.89. The van der Waals surface area contributed by atoms with Crippen molar-refractivity contribution in [3.05, 3.63) is 21.9 Å². The zero-order valence-electron chi connectivity index (χ0n) is 13.0. The van der Waals surface area contributed by atoms with Gasteiger partial charge in [0.25, 0.3) is 0 Å². The van der Waals surface area contributed by atoms with E-state index >= 15 is 0 Å². The Morgan fingerprint density at radius 1 is 1.25 bits per heavy atom. The van der Waals surface area contributed by atoms with E-state index in [1.165, 1.54) is 43.4 Å². The molecule has 1 N–H and O–H groups in total. The van der Waals surface area contributed by atoms with Gasteiger partial charge in [-0.1, -0.05) is 6.92 Å². The normalized spacial score (nSPS) is 44.0. The Morgan fingerprint density at radius 3 is 2.45 bits per heavy atom.